The quantitative estimate of drug-likeness (QED) is 0.825. The number of hydrogen-bond acceptors (Lipinski definition) is 2. The van der Waals surface area contributed by atoms with Crippen LogP contribution in [0.3, 0.4) is 0 Å². The van der Waals surface area contributed by atoms with Gasteiger partial charge in [0.05, 0.1) is 0 Å². The molecule has 1 saturated carbocycles. The van der Waals surface area contributed by atoms with E-state index in [9.17, 15) is 5.11 Å². The summed E-state index contributed by atoms with van der Waals surface area (Å²) in [6.07, 6.45) is 6.13. The number of aliphatic hydroxyl groups is 1. The summed E-state index contributed by atoms with van der Waals surface area (Å²) >= 11 is 0. The summed E-state index contributed by atoms with van der Waals surface area (Å²) in [5.41, 5.74) is 0.365. The van der Waals surface area contributed by atoms with Gasteiger partial charge in [-0.15, -0.1) is 12.4 Å². The van der Waals surface area contributed by atoms with Crippen molar-refractivity contribution in [2.24, 2.45) is 5.92 Å². The van der Waals surface area contributed by atoms with Crippen molar-refractivity contribution < 1.29 is 5.11 Å². The molecule has 22 heavy (non-hydrogen) atoms. The predicted octanol–water partition coefficient (Wildman–Crippen LogP) is 4.61. The fourth-order valence-electron chi connectivity index (χ4n) is 4.12. The Hall–Kier alpha value is -0.570. The Balaban J connectivity index is 0.00000242. The zero-order valence-electron chi connectivity index (χ0n) is 14.3. The zero-order chi connectivity index (χ0) is 15.3. The van der Waals surface area contributed by atoms with E-state index in [0.717, 1.165) is 31.5 Å². The first-order chi connectivity index (χ1) is 10.1. The van der Waals surface area contributed by atoms with Crippen LogP contribution >= 0.6 is 12.4 Å². The summed E-state index contributed by atoms with van der Waals surface area (Å²) in [7, 11) is 0. The van der Waals surface area contributed by atoms with Crippen molar-refractivity contribution in [1.29, 1.82) is 0 Å². The number of benzene rings is 1. The second-order valence-electron chi connectivity index (χ2n) is 6.42. The molecule has 2 nitrogen and oxygen atoms in total. The summed E-state index contributed by atoms with van der Waals surface area (Å²) in [5.74, 6) is 0.379. The summed E-state index contributed by atoms with van der Waals surface area (Å²) in [6.45, 7) is 8.55. The fraction of sp³-hybridized carbons (Fsp3) is 0.684. The van der Waals surface area contributed by atoms with Gasteiger partial charge in [-0.1, -0.05) is 63.4 Å². The maximum Gasteiger partial charge on any atom is 0.108 e. The van der Waals surface area contributed by atoms with Gasteiger partial charge in [-0.2, -0.15) is 0 Å². The van der Waals surface area contributed by atoms with Gasteiger partial charge < -0.3 is 5.11 Å². The number of likely N-dealkylation sites (N-methyl/N-ethyl adjacent to an activating group) is 1. The molecule has 1 N–H and O–H groups in total. The van der Waals surface area contributed by atoms with Gasteiger partial charge in [-0.25, -0.2) is 0 Å². The number of nitrogens with zero attached hydrogens (tertiary/aromatic N) is 1. The van der Waals surface area contributed by atoms with Gasteiger partial charge in [0, 0.05) is 6.04 Å². The first kappa shape index (κ1) is 19.5. The molecule has 0 spiro atoms. The molecule has 0 saturated heterocycles. The molecular weight excluding hydrogens is 294 g/mol. The molecular formula is C19H32ClNO. The number of rotatable bonds is 6. The van der Waals surface area contributed by atoms with Gasteiger partial charge in [-0.05, 0) is 44.3 Å². The van der Waals surface area contributed by atoms with Crippen LogP contribution in [0.4, 0.5) is 0 Å². The Morgan fingerprint density at radius 3 is 2.14 bits per heavy atom. The molecule has 0 aliphatic heterocycles. The van der Waals surface area contributed by atoms with Gasteiger partial charge >= 0.3 is 0 Å². The molecule has 0 aromatic heterocycles. The standard InChI is InChI=1S/C19H31NO.ClH/c1-4-20(5-2)16(3)19(21,17-12-8-6-9-13-17)18-14-10-7-11-15-18;/h6,8-9,12-13,16,18,21H,4-5,7,10-11,14-15H2,1-3H3;1H. The van der Waals surface area contributed by atoms with E-state index in [1.165, 1.54) is 19.3 Å². The van der Waals surface area contributed by atoms with Crippen molar-refractivity contribution >= 4 is 12.4 Å². The highest BCUT2D eigenvalue weighted by molar-refractivity contribution is 5.85. The lowest BCUT2D eigenvalue weighted by Gasteiger charge is -2.47. The molecule has 0 heterocycles. The average Bonchev–Trinajstić information content (AvgIpc) is 2.56. The van der Waals surface area contributed by atoms with Crippen LogP contribution in [0.15, 0.2) is 30.3 Å². The molecule has 1 aliphatic carbocycles. The molecule has 0 amide bonds. The molecule has 1 fully saturated rings. The minimum absolute atomic E-state index is 0. The Labute approximate surface area is 142 Å². The SMILES string of the molecule is CCN(CC)C(C)C(O)(c1ccccc1)C1CCCCC1.Cl. The highest BCUT2D eigenvalue weighted by atomic mass is 35.5. The molecule has 3 heteroatoms. The molecule has 2 atom stereocenters. The summed E-state index contributed by atoms with van der Waals surface area (Å²) in [4.78, 5) is 2.39. The Bertz CT molecular complexity index is 415. The third-order valence-corrected chi connectivity index (χ3v) is 5.46. The van der Waals surface area contributed by atoms with E-state index >= 15 is 0 Å². The van der Waals surface area contributed by atoms with Crippen molar-refractivity contribution in [2.45, 2.75) is 64.5 Å². The van der Waals surface area contributed by atoms with Crippen LogP contribution < -0.4 is 0 Å². The molecule has 0 radical (unpaired) electrons. The molecule has 1 aromatic carbocycles. The summed E-state index contributed by atoms with van der Waals surface area (Å²) in [5, 5.41) is 11.8. The molecule has 1 aromatic rings. The smallest absolute Gasteiger partial charge is 0.108 e. The third kappa shape index (κ3) is 3.84. The molecule has 2 rings (SSSR count). The Kier molecular flexibility index (Phi) is 7.88. The van der Waals surface area contributed by atoms with Crippen LogP contribution in [0.2, 0.25) is 0 Å². The van der Waals surface area contributed by atoms with Crippen LogP contribution in [0.25, 0.3) is 0 Å². The molecule has 2 unspecified atom stereocenters. The first-order valence-electron chi connectivity index (χ1n) is 8.66. The van der Waals surface area contributed by atoms with E-state index in [4.69, 9.17) is 0 Å². The zero-order valence-corrected chi connectivity index (χ0v) is 15.1. The van der Waals surface area contributed by atoms with Crippen molar-refractivity contribution in [3.8, 4) is 0 Å². The monoisotopic (exact) mass is 325 g/mol. The van der Waals surface area contributed by atoms with Gasteiger partial charge in [0.25, 0.3) is 0 Å². The third-order valence-electron chi connectivity index (χ3n) is 5.46. The van der Waals surface area contributed by atoms with Gasteiger partial charge in [0.1, 0.15) is 5.60 Å². The lowest BCUT2D eigenvalue weighted by Crippen LogP contribution is -2.53. The van der Waals surface area contributed by atoms with Gasteiger partial charge in [-0.3, -0.25) is 4.90 Å². The molecule has 0 bridgehead atoms. The lowest BCUT2D eigenvalue weighted by atomic mass is 9.69. The molecule has 1 aliphatic rings. The second-order valence-corrected chi connectivity index (χ2v) is 6.42. The van der Waals surface area contributed by atoms with Crippen molar-refractivity contribution in [2.75, 3.05) is 13.1 Å². The Morgan fingerprint density at radius 1 is 1.09 bits per heavy atom. The highest BCUT2D eigenvalue weighted by Crippen LogP contribution is 2.43. The normalized spacial score (nSPS) is 20.2. The van der Waals surface area contributed by atoms with Crippen molar-refractivity contribution in [3.63, 3.8) is 0 Å². The molecule has 126 valence electrons. The maximum atomic E-state index is 11.8. The van der Waals surface area contributed by atoms with E-state index in [1.807, 2.05) is 6.07 Å². The van der Waals surface area contributed by atoms with Crippen LogP contribution in [-0.2, 0) is 5.60 Å². The van der Waals surface area contributed by atoms with E-state index < -0.39 is 5.60 Å². The van der Waals surface area contributed by atoms with Crippen molar-refractivity contribution in [3.05, 3.63) is 35.9 Å². The lowest BCUT2D eigenvalue weighted by molar-refractivity contribution is -0.0989. The van der Waals surface area contributed by atoms with Crippen LogP contribution in [0.5, 0.6) is 0 Å². The second kappa shape index (κ2) is 8.90. The fourth-order valence-corrected chi connectivity index (χ4v) is 4.12. The van der Waals surface area contributed by atoms with E-state index in [0.29, 0.717) is 5.92 Å². The minimum atomic E-state index is -0.728. The van der Waals surface area contributed by atoms with Gasteiger partial charge in [0.2, 0.25) is 0 Å². The maximum absolute atomic E-state index is 11.8. The number of halogens is 1. The predicted molar refractivity (Wildman–Crippen MR) is 96.5 cm³/mol. The topological polar surface area (TPSA) is 23.5 Å². The first-order valence-corrected chi connectivity index (χ1v) is 8.66. The van der Waals surface area contributed by atoms with Crippen LogP contribution in [-0.4, -0.2) is 29.1 Å². The van der Waals surface area contributed by atoms with E-state index in [2.05, 4.69) is 49.9 Å². The van der Waals surface area contributed by atoms with E-state index in [-0.39, 0.29) is 18.4 Å². The Morgan fingerprint density at radius 2 is 1.64 bits per heavy atom. The minimum Gasteiger partial charge on any atom is -0.383 e. The van der Waals surface area contributed by atoms with Gasteiger partial charge in [0.15, 0.2) is 0 Å². The van der Waals surface area contributed by atoms with Crippen LogP contribution in [0, 0.1) is 5.92 Å². The average molecular weight is 326 g/mol. The van der Waals surface area contributed by atoms with Crippen molar-refractivity contribution in [1.82, 2.24) is 4.90 Å². The van der Waals surface area contributed by atoms with Crippen LogP contribution in [0.1, 0.15) is 58.4 Å². The summed E-state index contributed by atoms with van der Waals surface area (Å²) < 4.78 is 0. The number of hydrogen-bond donors (Lipinski definition) is 1. The van der Waals surface area contributed by atoms with E-state index in [1.54, 1.807) is 0 Å². The summed E-state index contributed by atoms with van der Waals surface area (Å²) in [6, 6.07) is 10.5. The largest absolute Gasteiger partial charge is 0.383 e. The highest BCUT2D eigenvalue weighted by Gasteiger charge is 2.45.